The Hall–Kier alpha value is -2.56. The Balaban J connectivity index is 1.89. The molecule has 0 saturated heterocycles. The second-order valence-corrected chi connectivity index (χ2v) is 4.07. The van der Waals surface area contributed by atoms with E-state index in [4.69, 9.17) is 5.11 Å². The van der Waals surface area contributed by atoms with Crippen LogP contribution in [0.4, 0.5) is 0 Å². The largest absolute Gasteiger partial charge is 0.478 e. The smallest absolute Gasteiger partial charge is 0.328 e. The Kier molecular flexibility index (Phi) is 3.97. The van der Waals surface area contributed by atoms with E-state index in [1.165, 1.54) is 0 Å². The Morgan fingerprint density at radius 3 is 2.84 bits per heavy atom. The van der Waals surface area contributed by atoms with E-state index in [9.17, 15) is 9.59 Å². The van der Waals surface area contributed by atoms with Crippen molar-refractivity contribution >= 4 is 22.8 Å². The molecule has 0 aliphatic rings. The Bertz CT molecular complexity index is 628. The summed E-state index contributed by atoms with van der Waals surface area (Å²) in [7, 11) is 0. The SMILES string of the molecule is O=C(O)/C=C\C(=O)NCCc1c[nH]c2ccccc12. The summed E-state index contributed by atoms with van der Waals surface area (Å²) >= 11 is 0. The van der Waals surface area contributed by atoms with Crippen LogP contribution < -0.4 is 5.32 Å². The zero-order valence-electron chi connectivity index (χ0n) is 10.2. The van der Waals surface area contributed by atoms with E-state index in [0.717, 1.165) is 28.6 Å². The number of carboxylic acids is 1. The predicted octanol–water partition coefficient (Wildman–Crippen LogP) is 1.47. The van der Waals surface area contributed by atoms with Crippen LogP contribution in [0.2, 0.25) is 0 Å². The number of carboxylic acid groups (broad SMARTS) is 1. The minimum Gasteiger partial charge on any atom is -0.478 e. The number of aromatic nitrogens is 1. The summed E-state index contributed by atoms with van der Waals surface area (Å²) in [6.45, 7) is 0.463. The molecule has 0 fully saturated rings. The van der Waals surface area contributed by atoms with E-state index >= 15 is 0 Å². The predicted molar refractivity (Wildman–Crippen MR) is 71.8 cm³/mol. The van der Waals surface area contributed by atoms with Gasteiger partial charge in [-0.1, -0.05) is 18.2 Å². The molecule has 0 bridgehead atoms. The van der Waals surface area contributed by atoms with Gasteiger partial charge in [0.25, 0.3) is 0 Å². The zero-order chi connectivity index (χ0) is 13.7. The van der Waals surface area contributed by atoms with E-state index in [-0.39, 0.29) is 0 Å². The monoisotopic (exact) mass is 258 g/mol. The lowest BCUT2D eigenvalue weighted by Crippen LogP contribution is -2.23. The standard InChI is InChI=1S/C14H14N2O3/c17-13(5-6-14(18)19)15-8-7-10-9-16-12-4-2-1-3-11(10)12/h1-6,9,16H,7-8H2,(H,15,17)(H,18,19)/b6-5-. The fourth-order valence-electron chi connectivity index (χ4n) is 1.86. The minimum absolute atomic E-state index is 0.401. The molecule has 0 unspecified atom stereocenters. The molecule has 0 atom stereocenters. The number of hydrogen-bond acceptors (Lipinski definition) is 2. The van der Waals surface area contributed by atoms with Gasteiger partial charge in [-0.25, -0.2) is 4.79 Å². The molecule has 0 aliphatic heterocycles. The molecule has 1 amide bonds. The first kappa shape index (κ1) is 12.9. The lowest BCUT2D eigenvalue weighted by atomic mass is 10.1. The number of carbonyl (C=O) groups is 2. The number of fused-ring (bicyclic) bond motifs is 1. The molecule has 3 N–H and O–H groups in total. The van der Waals surface area contributed by atoms with Crippen molar-refractivity contribution in [3.8, 4) is 0 Å². The van der Waals surface area contributed by atoms with Crippen molar-refractivity contribution in [2.24, 2.45) is 0 Å². The number of H-pyrrole nitrogens is 1. The third-order valence-electron chi connectivity index (χ3n) is 2.75. The van der Waals surface area contributed by atoms with Gasteiger partial charge in [-0.3, -0.25) is 4.79 Å². The van der Waals surface area contributed by atoms with Crippen LogP contribution >= 0.6 is 0 Å². The number of aromatic amines is 1. The van der Waals surface area contributed by atoms with Gasteiger partial charge in [-0.15, -0.1) is 0 Å². The fourth-order valence-corrected chi connectivity index (χ4v) is 1.86. The fraction of sp³-hybridized carbons (Fsp3) is 0.143. The van der Waals surface area contributed by atoms with Crippen LogP contribution in [-0.4, -0.2) is 28.5 Å². The summed E-state index contributed by atoms with van der Waals surface area (Å²) in [6.07, 6.45) is 4.44. The van der Waals surface area contributed by atoms with E-state index in [1.807, 2.05) is 30.5 Å². The van der Waals surface area contributed by atoms with Crippen molar-refractivity contribution in [3.63, 3.8) is 0 Å². The molecule has 0 saturated carbocycles. The summed E-state index contributed by atoms with van der Waals surface area (Å²) in [5.74, 6) is -1.53. The summed E-state index contributed by atoms with van der Waals surface area (Å²) in [6, 6.07) is 7.94. The average molecular weight is 258 g/mol. The maximum atomic E-state index is 11.3. The first-order chi connectivity index (χ1) is 9.16. The number of carbonyl (C=O) groups excluding carboxylic acids is 1. The highest BCUT2D eigenvalue weighted by Crippen LogP contribution is 2.17. The van der Waals surface area contributed by atoms with Gasteiger partial charge in [0.2, 0.25) is 5.91 Å². The molecule has 0 aliphatic carbocycles. The second-order valence-electron chi connectivity index (χ2n) is 4.07. The van der Waals surface area contributed by atoms with Crippen molar-refractivity contribution < 1.29 is 14.7 Å². The summed E-state index contributed by atoms with van der Waals surface area (Å²) in [4.78, 5) is 24.7. The number of aliphatic carboxylic acids is 1. The van der Waals surface area contributed by atoms with Gasteiger partial charge in [0.15, 0.2) is 0 Å². The van der Waals surface area contributed by atoms with Crippen LogP contribution in [0.25, 0.3) is 10.9 Å². The highest BCUT2D eigenvalue weighted by atomic mass is 16.4. The Morgan fingerprint density at radius 1 is 1.26 bits per heavy atom. The van der Waals surface area contributed by atoms with Crippen LogP contribution in [0.1, 0.15) is 5.56 Å². The third kappa shape index (κ3) is 3.45. The molecule has 0 spiro atoms. The normalized spacial score (nSPS) is 10.9. The second kappa shape index (κ2) is 5.86. The summed E-state index contributed by atoms with van der Waals surface area (Å²) < 4.78 is 0. The minimum atomic E-state index is -1.13. The van der Waals surface area contributed by atoms with Crippen molar-refractivity contribution in [2.75, 3.05) is 6.54 Å². The van der Waals surface area contributed by atoms with Gasteiger partial charge >= 0.3 is 5.97 Å². The Labute approximate surface area is 109 Å². The highest BCUT2D eigenvalue weighted by molar-refractivity contribution is 5.93. The molecule has 2 aromatic rings. The highest BCUT2D eigenvalue weighted by Gasteiger charge is 2.03. The maximum Gasteiger partial charge on any atom is 0.328 e. The number of nitrogens with one attached hydrogen (secondary N) is 2. The van der Waals surface area contributed by atoms with E-state index in [0.29, 0.717) is 13.0 Å². The lowest BCUT2D eigenvalue weighted by molar-refractivity contribution is -0.131. The third-order valence-corrected chi connectivity index (χ3v) is 2.75. The Morgan fingerprint density at radius 2 is 2.05 bits per heavy atom. The topological polar surface area (TPSA) is 82.2 Å². The molecule has 5 nitrogen and oxygen atoms in total. The van der Waals surface area contributed by atoms with Crippen LogP contribution in [0.15, 0.2) is 42.6 Å². The summed E-state index contributed by atoms with van der Waals surface area (Å²) in [5.41, 5.74) is 2.19. The molecule has 1 heterocycles. The van der Waals surface area contributed by atoms with Crippen molar-refractivity contribution in [3.05, 3.63) is 48.2 Å². The van der Waals surface area contributed by atoms with Crippen LogP contribution in [0.5, 0.6) is 0 Å². The molecule has 1 aromatic heterocycles. The first-order valence-corrected chi connectivity index (χ1v) is 5.90. The molecular formula is C14H14N2O3. The molecular weight excluding hydrogens is 244 g/mol. The van der Waals surface area contributed by atoms with Crippen LogP contribution in [0, 0.1) is 0 Å². The quantitative estimate of drug-likeness (QED) is 0.710. The van der Waals surface area contributed by atoms with E-state index in [2.05, 4.69) is 10.3 Å². The van der Waals surface area contributed by atoms with Gasteiger partial charge in [0.1, 0.15) is 0 Å². The molecule has 0 radical (unpaired) electrons. The molecule has 5 heteroatoms. The number of para-hydroxylation sites is 1. The van der Waals surface area contributed by atoms with Crippen molar-refractivity contribution in [2.45, 2.75) is 6.42 Å². The molecule has 19 heavy (non-hydrogen) atoms. The summed E-state index contributed by atoms with van der Waals surface area (Å²) in [5, 5.41) is 12.2. The van der Waals surface area contributed by atoms with E-state index < -0.39 is 11.9 Å². The van der Waals surface area contributed by atoms with Gasteiger partial charge in [0, 0.05) is 35.8 Å². The number of rotatable bonds is 5. The van der Waals surface area contributed by atoms with Gasteiger partial charge in [-0.2, -0.15) is 0 Å². The van der Waals surface area contributed by atoms with Crippen LogP contribution in [0.3, 0.4) is 0 Å². The van der Waals surface area contributed by atoms with Crippen molar-refractivity contribution in [1.82, 2.24) is 10.3 Å². The molecule has 2 rings (SSSR count). The van der Waals surface area contributed by atoms with Crippen molar-refractivity contribution in [1.29, 1.82) is 0 Å². The molecule has 98 valence electrons. The van der Waals surface area contributed by atoms with Gasteiger partial charge in [-0.05, 0) is 18.1 Å². The van der Waals surface area contributed by atoms with Crippen LogP contribution in [-0.2, 0) is 16.0 Å². The van der Waals surface area contributed by atoms with Gasteiger partial charge < -0.3 is 15.4 Å². The lowest BCUT2D eigenvalue weighted by Gasteiger charge is -2.01. The van der Waals surface area contributed by atoms with Gasteiger partial charge in [0.05, 0.1) is 0 Å². The number of amides is 1. The number of hydrogen-bond donors (Lipinski definition) is 3. The number of benzene rings is 1. The van der Waals surface area contributed by atoms with E-state index in [1.54, 1.807) is 0 Å². The first-order valence-electron chi connectivity index (χ1n) is 5.90. The molecule has 1 aromatic carbocycles. The maximum absolute atomic E-state index is 11.3. The average Bonchev–Trinajstić information content (AvgIpc) is 2.80. The zero-order valence-corrected chi connectivity index (χ0v) is 10.2.